The van der Waals surface area contributed by atoms with Crippen LogP contribution in [-0.2, 0) is 11.2 Å². The monoisotopic (exact) mass is 377 g/mol. The minimum absolute atomic E-state index is 0.0284. The van der Waals surface area contributed by atoms with Crippen LogP contribution in [0.3, 0.4) is 0 Å². The molecular weight excluding hydrogens is 358 g/mol. The van der Waals surface area contributed by atoms with Crippen molar-refractivity contribution in [3.05, 3.63) is 96.6 Å². The molecule has 4 nitrogen and oxygen atoms in total. The van der Waals surface area contributed by atoms with Crippen molar-refractivity contribution in [2.75, 3.05) is 5.32 Å². The number of H-pyrrole nitrogens is 1. The molecule has 0 aliphatic rings. The number of carbonyl (C=O) groups is 1. The summed E-state index contributed by atoms with van der Waals surface area (Å²) in [5.41, 5.74) is 4.71. The molecule has 0 unspecified atom stereocenters. The molecule has 0 saturated carbocycles. The Morgan fingerprint density at radius 3 is 2.28 bits per heavy atom. The highest BCUT2D eigenvalue weighted by atomic mass is 16.1. The third-order valence-corrected chi connectivity index (χ3v) is 5.00. The van der Waals surface area contributed by atoms with Crippen LogP contribution in [0.1, 0.15) is 5.56 Å². The summed E-state index contributed by atoms with van der Waals surface area (Å²) in [4.78, 5) is 20.4. The van der Waals surface area contributed by atoms with E-state index in [1.54, 1.807) is 0 Å². The number of anilines is 1. The van der Waals surface area contributed by atoms with E-state index in [2.05, 4.69) is 34.6 Å². The van der Waals surface area contributed by atoms with E-state index < -0.39 is 0 Å². The minimum atomic E-state index is -0.0284. The van der Waals surface area contributed by atoms with Crippen LogP contribution >= 0.6 is 0 Å². The summed E-state index contributed by atoms with van der Waals surface area (Å²) in [5, 5.41) is 5.31. The van der Waals surface area contributed by atoms with E-state index >= 15 is 0 Å². The Morgan fingerprint density at radius 1 is 0.828 bits per heavy atom. The molecule has 5 aromatic rings. The number of nitrogens with one attached hydrogen (secondary N) is 2. The van der Waals surface area contributed by atoms with Gasteiger partial charge in [0, 0.05) is 11.3 Å². The third-order valence-electron chi connectivity index (χ3n) is 5.00. The molecule has 4 aromatic carbocycles. The zero-order valence-electron chi connectivity index (χ0n) is 15.7. The van der Waals surface area contributed by atoms with E-state index in [9.17, 15) is 4.79 Å². The smallest absolute Gasteiger partial charge is 0.228 e. The van der Waals surface area contributed by atoms with Crippen molar-refractivity contribution in [3.63, 3.8) is 0 Å². The van der Waals surface area contributed by atoms with E-state index in [4.69, 9.17) is 4.98 Å². The standard InChI is InChI=1S/C25H19N3O/c29-24(14-17-6-2-1-3-7-17)26-21-12-10-18(11-13-21)25-27-22-15-19-8-4-5-9-20(19)16-23(22)28-25/h1-13,15-16H,14H2,(H,26,29)(H,27,28). The highest BCUT2D eigenvalue weighted by Crippen LogP contribution is 2.25. The van der Waals surface area contributed by atoms with E-state index in [1.165, 1.54) is 10.8 Å². The second-order valence-electron chi connectivity index (χ2n) is 7.09. The molecule has 140 valence electrons. The van der Waals surface area contributed by atoms with Gasteiger partial charge in [-0.1, -0.05) is 54.6 Å². The largest absolute Gasteiger partial charge is 0.338 e. The fourth-order valence-electron chi connectivity index (χ4n) is 3.53. The first-order valence-electron chi connectivity index (χ1n) is 9.57. The van der Waals surface area contributed by atoms with E-state index in [-0.39, 0.29) is 5.91 Å². The van der Waals surface area contributed by atoms with Crippen molar-refractivity contribution in [2.24, 2.45) is 0 Å². The van der Waals surface area contributed by atoms with Crippen LogP contribution < -0.4 is 5.32 Å². The molecule has 1 heterocycles. The van der Waals surface area contributed by atoms with E-state index in [1.807, 2.05) is 66.7 Å². The summed E-state index contributed by atoms with van der Waals surface area (Å²) < 4.78 is 0. The lowest BCUT2D eigenvalue weighted by Crippen LogP contribution is -2.14. The Kier molecular flexibility index (Phi) is 4.30. The summed E-state index contributed by atoms with van der Waals surface area (Å²) in [6.45, 7) is 0. The van der Waals surface area contributed by atoms with Crippen LogP contribution in [0.4, 0.5) is 5.69 Å². The third kappa shape index (κ3) is 3.60. The van der Waals surface area contributed by atoms with Crippen molar-refractivity contribution >= 4 is 33.4 Å². The Morgan fingerprint density at radius 2 is 1.52 bits per heavy atom. The van der Waals surface area contributed by atoms with E-state index in [0.29, 0.717) is 6.42 Å². The van der Waals surface area contributed by atoms with Crippen LogP contribution in [-0.4, -0.2) is 15.9 Å². The molecule has 0 aliphatic carbocycles. The second kappa shape index (κ2) is 7.24. The van der Waals surface area contributed by atoms with Gasteiger partial charge < -0.3 is 10.3 Å². The fourth-order valence-corrected chi connectivity index (χ4v) is 3.53. The molecule has 0 saturated heterocycles. The lowest BCUT2D eigenvalue weighted by Gasteiger charge is -2.06. The average Bonchev–Trinajstić information content (AvgIpc) is 3.16. The van der Waals surface area contributed by atoms with Crippen LogP contribution in [0, 0.1) is 0 Å². The minimum Gasteiger partial charge on any atom is -0.338 e. The maximum Gasteiger partial charge on any atom is 0.228 e. The van der Waals surface area contributed by atoms with Crippen LogP contribution in [0.5, 0.6) is 0 Å². The van der Waals surface area contributed by atoms with Gasteiger partial charge in [0.2, 0.25) is 5.91 Å². The topological polar surface area (TPSA) is 57.8 Å². The summed E-state index contributed by atoms with van der Waals surface area (Å²) in [6.07, 6.45) is 0.361. The number of benzene rings is 4. The maximum absolute atomic E-state index is 12.2. The van der Waals surface area contributed by atoms with Gasteiger partial charge in [0.05, 0.1) is 17.5 Å². The number of imidazole rings is 1. The first-order valence-corrected chi connectivity index (χ1v) is 9.57. The quantitative estimate of drug-likeness (QED) is 0.430. The number of hydrogen-bond acceptors (Lipinski definition) is 2. The Hall–Kier alpha value is -3.92. The first-order chi connectivity index (χ1) is 14.2. The van der Waals surface area contributed by atoms with Crippen LogP contribution in [0.25, 0.3) is 33.2 Å². The molecule has 0 bridgehead atoms. The Labute approximate surface area is 168 Å². The highest BCUT2D eigenvalue weighted by Gasteiger charge is 2.08. The lowest BCUT2D eigenvalue weighted by atomic mass is 10.1. The summed E-state index contributed by atoms with van der Waals surface area (Å²) in [7, 11) is 0. The van der Waals surface area contributed by atoms with Gasteiger partial charge in [-0.15, -0.1) is 0 Å². The average molecular weight is 377 g/mol. The van der Waals surface area contributed by atoms with Gasteiger partial charge in [-0.25, -0.2) is 4.98 Å². The van der Waals surface area contributed by atoms with Gasteiger partial charge in [-0.3, -0.25) is 4.79 Å². The number of amides is 1. The molecule has 0 spiro atoms. The van der Waals surface area contributed by atoms with Gasteiger partial charge in [0.1, 0.15) is 5.82 Å². The molecular formula is C25H19N3O. The molecule has 1 aromatic heterocycles. The first kappa shape index (κ1) is 17.2. The molecule has 0 aliphatic heterocycles. The van der Waals surface area contributed by atoms with Gasteiger partial charge in [-0.05, 0) is 52.7 Å². The lowest BCUT2D eigenvalue weighted by molar-refractivity contribution is -0.115. The molecule has 0 fully saturated rings. The predicted octanol–water partition coefficient (Wildman–Crippen LogP) is 5.56. The summed E-state index contributed by atoms with van der Waals surface area (Å²) in [5.74, 6) is 0.789. The van der Waals surface area contributed by atoms with E-state index in [0.717, 1.165) is 33.7 Å². The van der Waals surface area contributed by atoms with Crippen molar-refractivity contribution in [2.45, 2.75) is 6.42 Å². The number of fused-ring (bicyclic) bond motifs is 2. The number of aromatic amines is 1. The Balaban J connectivity index is 1.35. The molecule has 0 radical (unpaired) electrons. The molecule has 4 heteroatoms. The summed E-state index contributed by atoms with van der Waals surface area (Å²) in [6, 6.07) is 30.0. The van der Waals surface area contributed by atoms with Crippen molar-refractivity contribution in [1.29, 1.82) is 0 Å². The normalized spacial score (nSPS) is 11.0. The zero-order valence-corrected chi connectivity index (χ0v) is 15.7. The van der Waals surface area contributed by atoms with Crippen molar-refractivity contribution in [3.8, 4) is 11.4 Å². The maximum atomic E-state index is 12.2. The Bertz CT molecular complexity index is 1250. The highest BCUT2D eigenvalue weighted by molar-refractivity contribution is 5.96. The van der Waals surface area contributed by atoms with Crippen molar-refractivity contribution < 1.29 is 4.79 Å². The molecule has 2 N–H and O–H groups in total. The summed E-state index contributed by atoms with van der Waals surface area (Å²) >= 11 is 0. The zero-order chi connectivity index (χ0) is 19.6. The van der Waals surface area contributed by atoms with Crippen LogP contribution in [0.2, 0.25) is 0 Å². The van der Waals surface area contributed by atoms with Gasteiger partial charge in [0.25, 0.3) is 0 Å². The second-order valence-corrected chi connectivity index (χ2v) is 7.09. The van der Waals surface area contributed by atoms with Crippen molar-refractivity contribution in [1.82, 2.24) is 9.97 Å². The SMILES string of the molecule is O=C(Cc1ccccc1)Nc1ccc(-c2nc3cc4ccccc4cc3[nH]2)cc1. The number of hydrogen-bond donors (Lipinski definition) is 2. The van der Waals surface area contributed by atoms with Gasteiger partial charge >= 0.3 is 0 Å². The predicted molar refractivity (Wildman–Crippen MR) is 118 cm³/mol. The number of aromatic nitrogens is 2. The number of rotatable bonds is 4. The number of carbonyl (C=O) groups excluding carboxylic acids is 1. The molecule has 1 amide bonds. The molecule has 5 rings (SSSR count). The van der Waals surface area contributed by atoms with Gasteiger partial charge in [0.15, 0.2) is 0 Å². The molecule has 0 atom stereocenters. The fraction of sp³-hybridized carbons (Fsp3) is 0.0400. The van der Waals surface area contributed by atoms with Gasteiger partial charge in [-0.2, -0.15) is 0 Å². The number of nitrogens with zero attached hydrogens (tertiary/aromatic N) is 1. The molecule has 29 heavy (non-hydrogen) atoms. The van der Waals surface area contributed by atoms with Crippen LogP contribution in [0.15, 0.2) is 91.0 Å².